The highest BCUT2D eigenvalue weighted by Gasteiger charge is 2.90. The fourth-order valence-corrected chi connectivity index (χ4v) is 7.49. The van der Waals surface area contributed by atoms with Gasteiger partial charge in [-0.15, -0.1) is 16.5 Å². The van der Waals surface area contributed by atoms with E-state index in [1.807, 2.05) is 98.0 Å². The zero-order chi connectivity index (χ0) is 48.7. The van der Waals surface area contributed by atoms with E-state index >= 15 is 0 Å². The van der Waals surface area contributed by atoms with Crippen molar-refractivity contribution in [2.45, 2.75) is 68.5 Å². The SMILES string of the molecule is CCCN(Cc1ccc(CCC(F)(F)C(F)(F)C(F)(F)C(F)(F)C(F)(F)C(F)(F)F)cc1)N=Nc1ccc(/C=C/c2sc(/C=C/c3ccc(/C=C/c4ccccc4)cc3)c3c2OCCO3)cc1. The van der Waals surface area contributed by atoms with Crippen molar-refractivity contribution in [1.29, 1.82) is 0 Å². The van der Waals surface area contributed by atoms with Crippen LogP contribution in [0.25, 0.3) is 36.5 Å². The molecular formula is C48H40F13N3O2S. The smallest absolute Gasteiger partial charge is 0.460 e. The third-order valence-corrected chi connectivity index (χ3v) is 11.4. The molecule has 0 spiro atoms. The molecule has 19 heteroatoms. The maximum Gasteiger partial charge on any atom is 0.460 e. The van der Waals surface area contributed by atoms with Crippen LogP contribution in [0.4, 0.5) is 62.8 Å². The quantitative estimate of drug-likeness (QED) is 0.0358. The monoisotopic (exact) mass is 969 g/mol. The van der Waals surface area contributed by atoms with E-state index in [2.05, 4.69) is 22.5 Å². The fraction of sp³-hybridized carbons (Fsp3) is 0.292. The molecule has 0 fully saturated rings. The summed E-state index contributed by atoms with van der Waals surface area (Å²) in [5.74, 6) is -35.6. The molecule has 1 aliphatic rings. The van der Waals surface area contributed by atoms with E-state index in [0.717, 1.165) is 44.1 Å². The maximum atomic E-state index is 14.3. The van der Waals surface area contributed by atoms with E-state index in [4.69, 9.17) is 9.47 Å². The largest absolute Gasteiger partial charge is 0.485 e. The van der Waals surface area contributed by atoms with Crippen LogP contribution in [-0.4, -0.2) is 60.6 Å². The van der Waals surface area contributed by atoms with Crippen molar-refractivity contribution in [2.24, 2.45) is 10.3 Å². The van der Waals surface area contributed by atoms with Crippen molar-refractivity contribution in [3.05, 3.63) is 146 Å². The van der Waals surface area contributed by atoms with Crippen molar-refractivity contribution in [2.75, 3.05) is 19.8 Å². The molecule has 0 unspecified atom stereocenters. The van der Waals surface area contributed by atoms with Crippen LogP contribution in [0.2, 0.25) is 0 Å². The Morgan fingerprint density at radius 1 is 0.537 bits per heavy atom. The van der Waals surface area contributed by atoms with Crippen LogP contribution in [0, 0.1) is 0 Å². The molecule has 0 aliphatic carbocycles. The van der Waals surface area contributed by atoms with Crippen LogP contribution in [0.5, 0.6) is 11.5 Å². The second-order valence-electron chi connectivity index (χ2n) is 15.2. The Morgan fingerprint density at radius 3 is 1.48 bits per heavy atom. The minimum absolute atomic E-state index is 0.106. The number of hydrogen-bond acceptors (Lipinski definition) is 5. The van der Waals surface area contributed by atoms with Gasteiger partial charge >= 0.3 is 35.8 Å². The average Bonchev–Trinajstić information content (AvgIpc) is 3.66. The molecule has 0 bridgehead atoms. The summed E-state index contributed by atoms with van der Waals surface area (Å²) in [5, 5.41) is 10.1. The summed E-state index contributed by atoms with van der Waals surface area (Å²) in [6.07, 6.45) is 1.67. The van der Waals surface area contributed by atoms with E-state index < -0.39 is 48.6 Å². The van der Waals surface area contributed by atoms with Gasteiger partial charge in [0, 0.05) is 13.0 Å². The van der Waals surface area contributed by atoms with Gasteiger partial charge in [0.2, 0.25) is 0 Å². The lowest BCUT2D eigenvalue weighted by atomic mass is 9.91. The van der Waals surface area contributed by atoms with Crippen LogP contribution >= 0.6 is 11.3 Å². The Labute approximate surface area is 380 Å². The molecule has 0 saturated heterocycles. The number of benzene rings is 4. The lowest BCUT2D eigenvalue weighted by Gasteiger charge is -2.39. The summed E-state index contributed by atoms with van der Waals surface area (Å²) in [4.78, 5) is 1.77. The lowest BCUT2D eigenvalue weighted by Crippen LogP contribution is -2.70. The Balaban J connectivity index is 1.04. The zero-order valence-corrected chi connectivity index (χ0v) is 36.0. The molecular weight excluding hydrogens is 930 g/mol. The van der Waals surface area contributed by atoms with Crippen LogP contribution in [0.3, 0.4) is 0 Å². The average molecular weight is 970 g/mol. The molecule has 5 nitrogen and oxygen atoms in total. The molecule has 6 rings (SSSR count). The molecule has 4 aromatic carbocycles. The number of aryl methyl sites for hydroxylation is 1. The van der Waals surface area contributed by atoms with Crippen molar-refractivity contribution in [1.82, 2.24) is 5.01 Å². The molecule has 1 aromatic heterocycles. The van der Waals surface area contributed by atoms with Gasteiger partial charge in [-0.05, 0) is 70.5 Å². The van der Waals surface area contributed by atoms with E-state index in [1.165, 1.54) is 23.5 Å². The van der Waals surface area contributed by atoms with E-state index in [1.54, 1.807) is 17.1 Å². The number of alkyl halides is 13. The second kappa shape index (κ2) is 20.4. The Bertz CT molecular complexity index is 2540. The summed E-state index contributed by atoms with van der Waals surface area (Å²) >= 11 is 1.52. The first-order valence-electron chi connectivity index (χ1n) is 20.5. The summed E-state index contributed by atoms with van der Waals surface area (Å²) in [6.45, 7) is 3.19. The van der Waals surface area contributed by atoms with Crippen molar-refractivity contribution < 1.29 is 66.5 Å². The standard InChI is InChI=1S/C48H40F13N3O2S/c1-2-28-64(31-37-16-14-36(15-17-37)26-27-43(49,50)44(51,52)45(53,54)46(55,56)47(57,58)48(59,60)61)63-62-38-22-18-35(19-23-38)21-25-40-42-41(65-29-30-66-42)39(67-40)24-20-34-12-10-33(11-13-34)9-8-32-6-4-3-5-7-32/h3-25H,2,26-31H2,1H3/b9-8+,24-20+,25-21+,63-62?. The van der Waals surface area contributed by atoms with Gasteiger partial charge in [0.15, 0.2) is 11.5 Å². The van der Waals surface area contributed by atoms with Crippen molar-refractivity contribution >= 4 is 53.5 Å². The summed E-state index contributed by atoms with van der Waals surface area (Å²) in [5.41, 5.74) is 4.86. The topological polar surface area (TPSA) is 46.4 Å². The first-order valence-corrected chi connectivity index (χ1v) is 21.3. The molecule has 67 heavy (non-hydrogen) atoms. The first kappa shape index (κ1) is 50.3. The number of thiophene rings is 1. The number of ether oxygens (including phenoxy) is 2. The van der Waals surface area contributed by atoms with E-state index in [0.29, 0.717) is 48.9 Å². The first-order chi connectivity index (χ1) is 31.6. The Kier molecular flexibility index (Phi) is 15.3. The van der Waals surface area contributed by atoms with Crippen molar-refractivity contribution in [3.8, 4) is 11.5 Å². The van der Waals surface area contributed by atoms with Crippen LogP contribution < -0.4 is 9.47 Å². The van der Waals surface area contributed by atoms with E-state index in [9.17, 15) is 57.1 Å². The third kappa shape index (κ3) is 11.4. The molecule has 0 amide bonds. The van der Waals surface area contributed by atoms with Crippen LogP contribution in [-0.2, 0) is 13.0 Å². The number of nitrogens with zero attached hydrogens (tertiary/aromatic N) is 3. The van der Waals surface area contributed by atoms with Gasteiger partial charge in [-0.25, -0.2) is 0 Å². The number of fused-ring (bicyclic) bond motifs is 1. The fourth-order valence-electron chi connectivity index (χ4n) is 6.50. The second-order valence-corrected chi connectivity index (χ2v) is 16.3. The molecule has 0 atom stereocenters. The number of halogens is 13. The van der Waals surface area contributed by atoms with E-state index in [-0.39, 0.29) is 12.1 Å². The highest BCUT2D eigenvalue weighted by Crippen LogP contribution is 2.61. The predicted octanol–water partition coefficient (Wildman–Crippen LogP) is 15.6. The molecule has 356 valence electrons. The summed E-state index contributed by atoms with van der Waals surface area (Å²) in [7, 11) is 0. The zero-order valence-electron chi connectivity index (χ0n) is 35.2. The highest BCUT2D eigenvalue weighted by molar-refractivity contribution is 7.14. The normalized spacial score (nSPS) is 14.3. The Hall–Kier alpha value is -6.11. The molecule has 5 aromatic rings. The molecule has 0 radical (unpaired) electrons. The van der Waals surface area contributed by atoms with Crippen LogP contribution in [0.15, 0.2) is 113 Å². The van der Waals surface area contributed by atoms with Gasteiger partial charge < -0.3 is 9.47 Å². The Morgan fingerprint density at radius 2 is 0.985 bits per heavy atom. The third-order valence-electron chi connectivity index (χ3n) is 10.3. The summed E-state index contributed by atoms with van der Waals surface area (Å²) in [6, 6.07) is 30.3. The summed E-state index contributed by atoms with van der Waals surface area (Å²) < 4.78 is 187. The van der Waals surface area contributed by atoms with Gasteiger partial charge in [0.25, 0.3) is 0 Å². The van der Waals surface area contributed by atoms with Gasteiger partial charge in [-0.1, -0.05) is 127 Å². The van der Waals surface area contributed by atoms with Gasteiger partial charge in [0.1, 0.15) is 13.2 Å². The minimum Gasteiger partial charge on any atom is -0.485 e. The number of rotatable bonds is 19. The van der Waals surface area contributed by atoms with Gasteiger partial charge in [0.05, 0.1) is 22.0 Å². The number of hydrogen-bond donors (Lipinski definition) is 0. The molecule has 2 heterocycles. The van der Waals surface area contributed by atoms with Crippen LogP contribution in [0.1, 0.15) is 62.9 Å². The minimum atomic E-state index is -7.92. The molecule has 1 aliphatic heterocycles. The highest BCUT2D eigenvalue weighted by atomic mass is 32.1. The predicted molar refractivity (Wildman–Crippen MR) is 232 cm³/mol. The van der Waals surface area contributed by atoms with Crippen molar-refractivity contribution in [3.63, 3.8) is 0 Å². The maximum absolute atomic E-state index is 14.3. The lowest BCUT2D eigenvalue weighted by molar-refractivity contribution is -0.440. The molecule has 0 N–H and O–H groups in total. The van der Waals surface area contributed by atoms with Gasteiger partial charge in [-0.3, -0.25) is 5.01 Å². The van der Waals surface area contributed by atoms with Gasteiger partial charge in [-0.2, -0.15) is 57.1 Å². The molecule has 0 saturated carbocycles.